The lowest BCUT2D eigenvalue weighted by atomic mass is 10.0. The van der Waals surface area contributed by atoms with Gasteiger partial charge in [0.05, 0.1) is 24.5 Å². The number of aromatic amines is 1. The summed E-state index contributed by atoms with van der Waals surface area (Å²) in [5.74, 6) is 1.07. The second-order valence-electron chi connectivity index (χ2n) is 7.90. The minimum Gasteiger partial charge on any atom is -0.493 e. The lowest BCUT2D eigenvalue weighted by Gasteiger charge is -2.25. The summed E-state index contributed by atoms with van der Waals surface area (Å²) in [5.41, 5.74) is 5.47. The number of benzene rings is 1. The maximum absolute atomic E-state index is 12.9. The molecule has 0 aliphatic carbocycles. The molecule has 0 saturated carbocycles. The van der Waals surface area contributed by atoms with Crippen molar-refractivity contribution in [3.05, 3.63) is 65.7 Å². The van der Waals surface area contributed by atoms with E-state index in [0.717, 1.165) is 47.5 Å². The largest absolute Gasteiger partial charge is 0.493 e. The van der Waals surface area contributed by atoms with Crippen LogP contribution in [0.15, 0.2) is 48.9 Å². The number of pyridine rings is 1. The fourth-order valence-corrected chi connectivity index (χ4v) is 4.19. The van der Waals surface area contributed by atoms with Gasteiger partial charge in [0, 0.05) is 30.9 Å². The topological polar surface area (TPSA) is 71.1 Å². The first kappa shape index (κ1) is 20.1. The minimum absolute atomic E-state index is 0.0448. The molecule has 2 aromatic heterocycles. The molecule has 0 radical (unpaired) electrons. The van der Waals surface area contributed by atoms with Crippen molar-refractivity contribution in [1.29, 1.82) is 0 Å². The molecular weight excluding hydrogens is 376 g/mol. The molecule has 1 aliphatic rings. The first-order valence-corrected chi connectivity index (χ1v) is 10.6. The molecule has 1 aromatic carbocycles. The number of carbonyl (C=O) groups excluding carboxylic acids is 1. The Hall–Kier alpha value is -3.15. The Morgan fingerprint density at radius 1 is 1.23 bits per heavy atom. The molecule has 1 atom stereocenters. The third-order valence-corrected chi connectivity index (χ3v) is 5.69. The monoisotopic (exact) mass is 404 g/mol. The summed E-state index contributed by atoms with van der Waals surface area (Å²) in [6, 6.07) is 10.2. The summed E-state index contributed by atoms with van der Waals surface area (Å²) in [7, 11) is 0. The van der Waals surface area contributed by atoms with Crippen molar-refractivity contribution in [3.63, 3.8) is 0 Å². The van der Waals surface area contributed by atoms with E-state index in [2.05, 4.69) is 28.2 Å². The minimum atomic E-state index is 0.0448. The van der Waals surface area contributed by atoms with Crippen LogP contribution in [0.5, 0.6) is 5.75 Å². The van der Waals surface area contributed by atoms with Gasteiger partial charge in [-0.1, -0.05) is 17.7 Å². The first-order valence-electron chi connectivity index (χ1n) is 10.6. The molecule has 0 unspecified atom stereocenters. The van der Waals surface area contributed by atoms with Gasteiger partial charge in [-0.3, -0.25) is 14.9 Å². The smallest absolute Gasteiger partial charge is 0.223 e. The average Bonchev–Trinajstić information content (AvgIpc) is 3.42. The van der Waals surface area contributed by atoms with Gasteiger partial charge >= 0.3 is 0 Å². The average molecular weight is 405 g/mol. The number of aryl methyl sites for hydroxylation is 2. The molecule has 0 bridgehead atoms. The standard InChI is InChI=1S/C24H28N4O2/c1-17-7-8-22(18(2)15-17)30-14-4-6-23(29)28-13-3-5-21(28)24-20(16-26-27-24)19-9-11-25-12-10-19/h7-12,15-16,21H,3-6,13-14H2,1-2H3,(H,26,27)/t21-/m0/s1. The molecule has 30 heavy (non-hydrogen) atoms. The number of nitrogens with zero attached hydrogens (tertiary/aromatic N) is 3. The molecule has 6 nitrogen and oxygen atoms in total. The van der Waals surface area contributed by atoms with Crippen LogP contribution in [0.1, 0.15) is 48.5 Å². The Labute approximate surface area is 177 Å². The van der Waals surface area contributed by atoms with Crippen LogP contribution < -0.4 is 4.74 Å². The lowest BCUT2D eigenvalue weighted by molar-refractivity contribution is -0.132. The van der Waals surface area contributed by atoms with Crippen molar-refractivity contribution in [2.24, 2.45) is 0 Å². The van der Waals surface area contributed by atoms with Gasteiger partial charge in [0.2, 0.25) is 5.91 Å². The summed E-state index contributed by atoms with van der Waals surface area (Å²) >= 11 is 0. The van der Waals surface area contributed by atoms with Gasteiger partial charge in [-0.05, 0) is 62.4 Å². The number of nitrogens with one attached hydrogen (secondary N) is 1. The SMILES string of the molecule is Cc1ccc(OCCCC(=O)N2CCC[C@H]2c2[nH]ncc2-c2ccncc2)c(C)c1. The van der Waals surface area contributed by atoms with Crippen molar-refractivity contribution >= 4 is 5.91 Å². The highest BCUT2D eigenvalue weighted by Gasteiger charge is 2.32. The van der Waals surface area contributed by atoms with E-state index in [9.17, 15) is 4.79 Å². The molecule has 0 spiro atoms. The maximum Gasteiger partial charge on any atom is 0.223 e. The maximum atomic E-state index is 12.9. The zero-order chi connectivity index (χ0) is 20.9. The zero-order valence-corrected chi connectivity index (χ0v) is 17.6. The molecule has 3 aromatic rings. The highest BCUT2D eigenvalue weighted by Crippen LogP contribution is 2.36. The van der Waals surface area contributed by atoms with Crippen molar-refractivity contribution in [1.82, 2.24) is 20.1 Å². The quantitative estimate of drug-likeness (QED) is 0.584. The molecular formula is C24H28N4O2. The summed E-state index contributed by atoms with van der Waals surface area (Å²) in [5, 5.41) is 7.40. The normalized spacial score (nSPS) is 16.1. The van der Waals surface area contributed by atoms with E-state index in [1.807, 2.05) is 42.3 Å². The van der Waals surface area contributed by atoms with Crippen LogP contribution in [-0.4, -0.2) is 39.1 Å². The fourth-order valence-electron chi connectivity index (χ4n) is 4.19. The molecule has 3 heterocycles. The molecule has 1 aliphatic heterocycles. The fraction of sp³-hybridized carbons (Fsp3) is 0.375. The lowest BCUT2D eigenvalue weighted by Crippen LogP contribution is -2.31. The first-order chi connectivity index (χ1) is 14.6. The van der Waals surface area contributed by atoms with Crippen LogP contribution in [0.4, 0.5) is 0 Å². The molecule has 1 fully saturated rings. The van der Waals surface area contributed by atoms with Crippen LogP contribution in [-0.2, 0) is 4.79 Å². The molecule has 6 heteroatoms. The highest BCUT2D eigenvalue weighted by atomic mass is 16.5. The molecule has 1 amide bonds. The van der Waals surface area contributed by atoms with E-state index in [-0.39, 0.29) is 11.9 Å². The predicted molar refractivity (Wildman–Crippen MR) is 116 cm³/mol. The number of ether oxygens (including phenoxy) is 1. The summed E-state index contributed by atoms with van der Waals surface area (Å²) in [6.45, 7) is 5.45. The van der Waals surface area contributed by atoms with E-state index >= 15 is 0 Å². The number of hydrogen-bond donors (Lipinski definition) is 1. The number of aromatic nitrogens is 3. The zero-order valence-electron chi connectivity index (χ0n) is 17.6. The van der Waals surface area contributed by atoms with Crippen molar-refractivity contribution in [3.8, 4) is 16.9 Å². The van der Waals surface area contributed by atoms with Gasteiger partial charge in [-0.2, -0.15) is 5.10 Å². The van der Waals surface area contributed by atoms with E-state index in [4.69, 9.17) is 4.74 Å². The number of rotatable bonds is 7. The Bertz CT molecular complexity index is 999. The van der Waals surface area contributed by atoms with Crippen molar-refractivity contribution in [2.75, 3.05) is 13.2 Å². The van der Waals surface area contributed by atoms with Crippen LogP contribution in [0.2, 0.25) is 0 Å². The van der Waals surface area contributed by atoms with E-state index in [0.29, 0.717) is 19.4 Å². The van der Waals surface area contributed by atoms with Gasteiger partial charge < -0.3 is 9.64 Å². The molecule has 156 valence electrons. The molecule has 1 N–H and O–H groups in total. The van der Waals surface area contributed by atoms with Crippen LogP contribution in [0.25, 0.3) is 11.1 Å². The van der Waals surface area contributed by atoms with Gasteiger partial charge in [-0.25, -0.2) is 0 Å². The van der Waals surface area contributed by atoms with Gasteiger partial charge in [0.15, 0.2) is 0 Å². The van der Waals surface area contributed by atoms with Crippen molar-refractivity contribution < 1.29 is 9.53 Å². The second kappa shape index (κ2) is 9.11. The van der Waals surface area contributed by atoms with E-state index < -0.39 is 0 Å². The molecule has 1 saturated heterocycles. The Balaban J connectivity index is 1.36. The highest BCUT2D eigenvalue weighted by molar-refractivity contribution is 5.77. The number of H-pyrrole nitrogens is 1. The second-order valence-corrected chi connectivity index (χ2v) is 7.90. The van der Waals surface area contributed by atoms with Crippen LogP contribution >= 0.6 is 0 Å². The van der Waals surface area contributed by atoms with Gasteiger partial charge in [-0.15, -0.1) is 0 Å². The van der Waals surface area contributed by atoms with Crippen LogP contribution in [0, 0.1) is 13.8 Å². The summed E-state index contributed by atoms with van der Waals surface area (Å²) < 4.78 is 5.89. The Morgan fingerprint density at radius 3 is 2.87 bits per heavy atom. The van der Waals surface area contributed by atoms with Gasteiger partial charge in [0.1, 0.15) is 5.75 Å². The Morgan fingerprint density at radius 2 is 2.07 bits per heavy atom. The Kier molecular flexibility index (Phi) is 6.12. The van der Waals surface area contributed by atoms with Crippen molar-refractivity contribution in [2.45, 2.75) is 45.6 Å². The third-order valence-electron chi connectivity index (χ3n) is 5.69. The molecule has 4 rings (SSSR count). The van der Waals surface area contributed by atoms with Crippen LogP contribution in [0.3, 0.4) is 0 Å². The van der Waals surface area contributed by atoms with E-state index in [1.165, 1.54) is 5.56 Å². The summed E-state index contributed by atoms with van der Waals surface area (Å²) in [6.07, 6.45) is 8.54. The predicted octanol–water partition coefficient (Wildman–Crippen LogP) is 4.61. The third kappa shape index (κ3) is 4.37. The van der Waals surface area contributed by atoms with Gasteiger partial charge in [0.25, 0.3) is 0 Å². The number of carbonyl (C=O) groups is 1. The number of likely N-dealkylation sites (tertiary alicyclic amines) is 1. The number of hydrogen-bond acceptors (Lipinski definition) is 4. The summed E-state index contributed by atoms with van der Waals surface area (Å²) in [4.78, 5) is 19.0. The van der Waals surface area contributed by atoms with E-state index in [1.54, 1.807) is 12.4 Å². The number of amides is 1.